The van der Waals surface area contributed by atoms with Gasteiger partial charge in [0, 0.05) is 0 Å². The second kappa shape index (κ2) is 6.67. The fourth-order valence-corrected chi connectivity index (χ4v) is 1.39. The van der Waals surface area contributed by atoms with Crippen LogP contribution in [0.1, 0.15) is 25.5 Å². The number of benzene rings is 1. The van der Waals surface area contributed by atoms with Crippen LogP contribution < -0.4 is 10.1 Å². The number of carbonyl (C=O) groups excluding carboxylic acids is 1. The highest BCUT2D eigenvalue weighted by molar-refractivity contribution is 5.80. The number of ether oxygens (including phenoxy) is 1. The monoisotopic (exact) mass is 247 g/mol. The average molecular weight is 247 g/mol. The molecule has 4 nitrogen and oxygen atoms in total. The molecule has 0 aliphatic heterocycles. The molecule has 1 unspecified atom stereocenters. The third-order valence-electron chi connectivity index (χ3n) is 2.39. The molecule has 0 saturated heterocycles. The summed E-state index contributed by atoms with van der Waals surface area (Å²) in [6.07, 6.45) is 3.84. The Labute approximate surface area is 107 Å². The molecule has 0 aromatic heterocycles. The zero-order valence-electron chi connectivity index (χ0n) is 10.5. The molecule has 0 bridgehead atoms. The third kappa shape index (κ3) is 4.11. The first-order valence-corrected chi connectivity index (χ1v) is 5.70. The molecule has 0 radical (unpaired) electrons. The normalized spacial score (nSPS) is 13.2. The molecule has 18 heavy (non-hydrogen) atoms. The minimum atomic E-state index is -0.636. The Balaban J connectivity index is 2.64. The van der Waals surface area contributed by atoms with E-state index in [-0.39, 0.29) is 12.5 Å². The Morgan fingerprint density at radius 2 is 2.28 bits per heavy atom. The molecule has 1 rings (SSSR count). The van der Waals surface area contributed by atoms with Gasteiger partial charge in [-0.25, -0.2) is 0 Å². The van der Waals surface area contributed by atoms with Gasteiger partial charge >= 0.3 is 0 Å². The van der Waals surface area contributed by atoms with E-state index in [1.54, 1.807) is 38.1 Å². The maximum absolute atomic E-state index is 11.5. The fraction of sp³-hybridized carbons (Fsp3) is 0.357. The lowest BCUT2D eigenvalue weighted by Crippen LogP contribution is -2.36. The number of nitrogens with one attached hydrogen (secondary N) is 1. The smallest absolute Gasteiger partial charge is 0.261 e. The predicted molar refractivity (Wildman–Crippen MR) is 69.0 cm³/mol. The van der Waals surface area contributed by atoms with Crippen LogP contribution in [0.2, 0.25) is 0 Å². The van der Waals surface area contributed by atoms with E-state index in [1.807, 2.05) is 0 Å². The molecule has 0 aliphatic rings. The molecule has 0 fully saturated rings. The summed E-state index contributed by atoms with van der Waals surface area (Å²) in [4.78, 5) is 11.5. The number of amides is 1. The lowest BCUT2D eigenvalue weighted by Gasteiger charge is -2.15. The highest BCUT2D eigenvalue weighted by Gasteiger charge is 2.14. The van der Waals surface area contributed by atoms with Gasteiger partial charge in [0.05, 0.1) is 12.6 Å². The molecule has 1 aromatic carbocycles. The maximum atomic E-state index is 11.5. The molecule has 4 heteroatoms. The van der Waals surface area contributed by atoms with Gasteiger partial charge in [-0.05, 0) is 31.5 Å². The number of aliphatic hydroxyl groups is 1. The van der Waals surface area contributed by atoms with E-state index in [0.717, 1.165) is 5.56 Å². The second-order valence-electron chi connectivity index (χ2n) is 3.93. The van der Waals surface area contributed by atoms with Gasteiger partial charge < -0.3 is 15.2 Å². The van der Waals surface area contributed by atoms with Gasteiger partial charge in [-0.15, -0.1) is 6.42 Å². The van der Waals surface area contributed by atoms with Gasteiger partial charge in [-0.3, -0.25) is 4.79 Å². The maximum Gasteiger partial charge on any atom is 0.261 e. The number of rotatable bonds is 5. The van der Waals surface area contributed by atoms with Crippen LogP contribution in [0.5, 0.6) is 5.75 Å². The van der Waals surface area contributed by atoms with Crippen molar-refractivity contribution in [3.63, 3.8) is 0 Å². The van der Waals surface area contributed by atoms with Crippen molar-refractivity contribution in [1.82, 2.24) is 5.32 Å². The Hall–Kier alpha value is -1.99. The van der Waals surface area contributed by atoms with E-state index in [4.69, 9.17) is 11.2 Å². The van der Waals surface area contributed by atoms with Gasteiger partial charge in [-0.2, -0.15) is 0 Å². The third-order valence-corrected chi connectivity index (χ3v) is 2.39. The van der Waals surface area contributed by atoms with Crippen molar-refractivity contribution in [3.05, 3.63) is 29.8 Å². The molecule has 0 saturated carbocycles. The van der Waals surface area contributed by atoms with Gasteiger partial charge in [0.1, 0.15) is 5.75 Å². The van der Waals surface area contributed by atoms with Crippen molar-refractivity contribution in [2.75, 3.05) is 6.54 Å². The summed E-state index contributed by atoms with van der Waals surface area (Å²) in [5.74, 6) is 2.59. The molecule has 1 aromatic rings. The van der Waals surface area contributed by atoms with E-state index >= 15 is 0 Å². The highest BCUT2D eigenvalue weighted by atomic mass is 16.5. The van der Waals surface area contributed by atoms with Crippen molar-refractivity contribution in [2.24, 2.45) is 0 Å². The summed E-state index contributed by atoms with van der Waals surface area (Å²) in [5.41, 5.74) is 0.740. The molecule has 1 amide bonds. The first-order valence-electron chi connectivity index (χ1n) is 5.70. The minimum Gasteiger partial charge on any atom is -0.481 e. The molecule has 0 aliphatic carbocycles. The molecule has 96 valence electrons. The largest absolute Gasteiger partial charge is 0.481 e. The summed E-state index contributed by atoms with van der Waals surface area (Å²) in [7, 11) is 0. The number of carbonyl (C=O) groups is 1. The first kappa shape index (κ1) is 14.1. The average Bonchev–Trinajstić information content (AvgIpc) is 2.36. The molecule has 0 spiro atoms. The minimum absolute atomic E-state index is 0.181. The van der Waals surface area contributed by atoms with Crippen LogP contribution >= 0.6 is 0 Å². The van der Waals surface area contributed by atoms with Crippen LogP contribution in [0.25, 0.3) is 0 Å². The Kier molecular flexibility index (Phi) is 5.22. The SMILES string of the molecule is C#CCNC(=O)C(C)Oc1cccc([C@H](C)O)c1. The van der Waals surface area contributed by atoms with Gasteiger partial charge in [0.2, 0.25) is 0 Å². The lowest BCUT2D eigenvalue weighted by atomic mass is 10.1. The first-order chi connectivity index (χ1) is 8.54. The Bertz CT molecular complexity index is 449. The molecular formula is C14H17NO3. The van der Waals surface area contributed by atoms with Crippen molar-refractivity contribution in [1.29, 1.82) is 0 Å². The number of aliphatic hydroxyl groups excluding tert-OH is 1. The highest BCUT2D eigenvalue weighted by Crippen LogP contribution is 2.19. The molecule has 0 heterocycles. The Morgan fingerprint density at radius 3 is 2.89 bits per heavy atom. The predicted octanol–water partition coefficient (Wildman–Crippen LogP) is 1.26. The van der Waals surface area contributed by atoms with Crippen molar-refractivity contribution in [2.45, 2.75) is 26.1 Å². The second-order valence-corrected chi connectivity index (χ2v) is 3.93. The quantitative estimate of drug-likeness (QED) is 0.770. The zero-order chi connectivity index (χ0) is 13.5. The molecule has 2 N–H and O–H groups in total. The summed E-state index contributed by atoms with van der Waals surface area (Å²) >= 11 is 0. The van der Waals surface area contributed by atoms with Gasteiger partial charge in [-0.1, -0.05) is 18.1 Å². The molecular weight excluding hydrogens is 230 g/mol. The van der Waals surface area contributed by atoms with E-state index in [2.05, 4.69) is 11.2 Å². The van der Waals surface area contributed by atoms with Crippen LogP contribution in [0.4, 0.5) is 0 Å². The number of hydrogen-bond donors (Lipinski definition) is 2. The number of terminal acetylenes is 1. The fourth-order valence-electron chi connectivity index (χ4n) is 1.39. The summed E-state index contributed by atoms with van der Waals surface area (Å²) < 4.78 is 5.47. The van der Waals surface area contributed by atoms with E-state index in [0.29, 0.717) is 5.75 Å². The van der Waals surface area contributed by atoms with E-state index in [9.17, 15) is 9.90 Å². The van der Waals surface area contributed by atoms with E-state index in [1.165, 1.54) is 0 Å². The van der Waals surface area contributed by atoms with Crippen LogP contribution in [-0.4, -0.2) is 23.7 Å². The summed E-state index contributed by atoms with van der Waals surface area (Å²) in [6, 6.07) is 7.00. The van der Waals surface area contributed by atoms with Crippen LogP contribution in [0, 0.1) is 12.3 Å². The van der Waals surface area contributed by atoms with Gasteiger partial charge in [0.25, 0.3) is 5.91 Å². The number of hydrogen-bond acceptors (Lipinski definition) is 3. The van der Waals surface area contributed by atoms with Crippen molar-refractivity contribution < 1.29 is 14.6 Å². The zero-order valence-corrected chi connectivity index (χ0v) is 10.5. The van der Waals surface area contributed by atoms with Crippen LogP contribution in [0.3, 0.4) is 0 Å². The van der Waals surface area contributed by atoms with Crippen molar-refractivity contribution >= 4 is 5.91 Å². The summed E-state index contributed by atoms with van der Waals surface area (Å²) in [6.45, 7) is 3.49. The topological polar surface area (TPSA) is 58.6 Å². The summed E-state index contributed by atoms with van der Waals surface area (Å²) in [5, 5.41) is 12.0. The van der Waals surface area contributed by atoms with Gasteiger partial charge in [0.15, 0.2) is 6.10 Å². The standard InChI is InChI=1S/C14H17NO3/c1-4-8-15-14(17)11(3)18-13-7-5-6-12(9-13)10(2)16/h1,5-7,9-11,16H,8H2,2-3H3,(H,15,17)/t10-,11?/m0/s1. The van der Waals surface area contributed by atoms with Crippen LogP contribution in [0.15, 0.2) is 24.3 Å². The van der Waals surface area contributed by atoms with Crippen molar-refractivity contribution in [3.8, 4) is 18.1 Å². The molecule has 2 atom stereocenters. The Morgan fingerprint density at radius 1 is 1.56 bits per heavy atom. The van der Waals surface area contributed by atoms with E-state index < -0.39 is 12.2 Å². The lowest BCUT2D eigenvalue weighted by molar-refractivity contribution is -0.126. The van der Waals surface area contributed by atoms with Crippen LogP contribution in [-0.2, 0) is 4.79 Å².